The summed E-state index contributed by atoms with van der Waals surface area (Å²) in [5.74, 6) is 0.496. The largest absolute Gasteiger partial charge is 0.494 e. The Morgan fingerprint density at radius 3 is 2.69 bits per heavy atom. The SMILES string of the molecule is CCOc1ccc(-n2cccc2/C=C(/C#N)C(=O)Nc2nnc(C(C)C)s2)cc1. The van der Waals surface area contributed by atoms with Crippen molar-refractivity contribution in [2.75, 3.05) is 11.9 Å². The van der Waals surface area contributed by atoms with Crippen LogP contribution in [0, 0.1) is 11.3 Å². The van der Waals surface area contributed by atoms with Crippen molar-refractivity contribution in [1.82, 2.24) is 14.8 Å². The van der Waals surface area contributed by atoms with Crippen molar-refractivity contribution in [2.24, 2.45) is 0 Å². The van der Waals surface area contributed by atoms with Crippen LogP contribution >= 0.6 is 11.3 Å². The molecular weight excluding hydrogens is 386 g/mol. The summed E-state index contributed by atoms with van der Waals surface area (Å²) in [5, 5.41) is 21.3. The van der Waals surface area contributed by atoms with Gasteiger partial charge in [0.1, 0.15) is 22.4 Å². The zero-order valence-corrected chi connectivity index (χ0v) is 17.2. The number of amides is 1. The Kier molecular flexibility index (Phi) is 6.42. The quantitative estimate of drug-likeness (QED) is 0.463. The van der Waals surface area contributed by atoms with Gasteiger partial charge in [0.05, 0.1) is 6.61 Å². The van der Waals surface area contributed by atoms with Gasteiger partial charge in [-0.15, -0.1) is 10.2 Å². The van der Waals surface area contributed by atoms with Gasteiger partial charge >= 0.3 is 0 Å². The second-order valence-corrected chi connectivity index (χ2v) is 7.46. The fourth-order valence-electron chi connectivity index (χ4n) is 2.60. The Hall–Kier alpha value is -3.44. The summed E-state index contributed by atoms with van der Waals surface area (Å²) < 4.78 is 7.36. The molecule has 2 heterocycles. The monoisotopic (exact) mass is 407 g/mol. The summed E-state index contributed by atoms with van der Waals surface area (Å²) in [6, 6.07) is 13.3. The third-order valence-corrected chi connectivity index (χ3v) is 5.16. The molecule has 0 aliphatic carbocycles. The van der Waals surface area contributed by atoms with Crippen LogP contribution in [0.1, 0.15) is 37.4 Å². The van der Waals surface area contributed by atoms with E-state index in [9.17, 15) is 10.1 Å². The molecular formula is C21H21N5O2S. The van der Waals surface area contributed by atoms with Gasteiger partial charge in [0.2, 0.25) is 5.13 Å². The molecule has 1 aromatic carbocycles. The van der Waals surface area contributed by atoms with Crippen molar-refractivity contribution in [1.29, 1.82) is 5.26 Å². The molecule has 1 N–H and O–H groups in total. The summed E-state index contributed by atoms with van der Waals surface area (Å²) in [7, 11) is 0. The molecule has 3 aromatic rings. The number of nitriles is 1. The predicted octanol–water partition coefficient (Wildman–Crippen LogP) is 4.40. The zero-order chi connectivity index (χ0) is 20.8. The third-order valence-electron chi connectivity index (χ3n) is 4.02. The molecule has 0 fully saturated rings. The van der Waals surface area contributed by atoms with Crippen LogP contribution in [0.2, 0.25) is 0 Å². The maximum atomic E-state index is 12.5. The third kappa shape index (κ3) is 4.89. The van der Waals surface area contributed by atoms with Crippen LogP contribution in [0.15, 0.2) is 48.2 Å². The van der Waals surface area contributed by atoms with E-state index < -0.39 is 5.91 Å². The number of nitrogens with one attached hydrogen (secondary N) is 1. The fraction of sp³-hybridized carbons (Fsp3) is 0.238. The minimum Gasteiger partial charge on any atom is -0.494 e. The number of hydrogen-bond acceptors (Lipinski definition) is 6. The van der Waals surface area contributed by atoms with E-state index >= 15 is 0 Å². The second kappa shape index (κ2) is 9.17. The number of benzene rings is 1. The summed E-state index contributed by atoms with van der Waals surface area (Å²) in [6.45, 7) is 6.54. The topological polar surface area (TPSA) is 92.8 Å². The molecule has 0 saturated carbocycles. The fourth-order valence-corrected chi connectivity index (χ4v) is 3.34. The Bertz CT molecular complexity index is 1060. The molecule has 3 rings (SSSR count). The van der Waals surface area contributed by atoms with Crippen LogP contribution < -0.4 is 10.1 Å². The number of hydrogen-bond donors (Lipinski definition) is 1. The number of nitrogens with zero attached hydrogens (tertiary/aromatic N) is 4. The highest BCUT2D eigenvalue weighted by Crippen LogP contribution is 2.23. The average Bonchev–Trinajstić information content (AvgIpc) is 3.36. The Balaban J connectivity index is 1.81. The van der Waals surface area contributed by atoms with Gasteiger partial charge in [-0.2, -0.15) is 5.26 Å². The molecule has 8 heteroatoms. The van der Waals surface area contributed by atoms with Crippen molar-refractivity contribution >= 4 is 28.5 Å². The molecule has 2 aromatic heterocycles. The predicted molar refractivity (Wildman–Crippen MR) is 113 cm³/mol. The minimum absolute atomic E-state index is 0.0165. The highest BCUT2D eigenvalue weighted by molar-refractivity contribution is 7.15. The molecule has 29 heavy (non-hydrogen) atoms. The van der Waals surface area contributed by atoms with E-state index in [1.807, 2.05) is 74.0 Å². The zero-order valence-electron chi connectivity index (χ0n) is 16.4. The van der Waals surface area contributed by atoms with Gasteiger partial charge in [-0.3, -0.25) is 10.1 Å². The highest BCUT2D eigenvalue weighted by atomic mass is 32.1. The van der Waals surface area contributed by atoms with E-state index in [0.717, 1.165) is 16.4 Å². The number of rotatable bonds is 7. The average molecular weight is 407 g/mol. The van der Waals surface area contributed by atoms with Crippen LogP contribution in [0.3, 0.4) is 0 Å². The number of ether oxygens (including phenoxy) is 1. The van der Waals surface area contributed by atoms with E-state index in [2.05, 4.69) is 15.5 Å². The van der Waals surface area contributed by atoms with Crippen LogP contribution in [-0.4, -0.2) is 27.3 Å². The first-order valence-electron chi connectivity index (χ1n) is 9.19. The van der Waals surface area contributed by atoms with E-state index in [-0.39, 0.29) is 11.5 Å². The number of aromatic nitrogens is 3. The summed E-state index contributed by atoms with van der Waals surface area (Å²) >= 11 is 1.30. The van der Waals surface area contributed by atoms with Gasteiger partial charge < -0.3 is 9.30 Å². The molecule has 0 aliphatic heterocycles. The van der Waals surface area contributed by atoms with Crippen molar-refractivity contribution in [2.45, 2.75) is 26.7 Å². The van der Waals surface area contributed by atoms with Crippen molar-refractivity contribution in [3.05, 3.63) is 58.9 Å². The van der Waals surface area contributed by atoms with Crippen molar-refractivity contribution in [3.63, 3.8) is 0 Å². The summed E-state index contributed by atoms with van der Waals surface area (Å²) in [5.41, 5.74) is 1.59. The van der Waals surface area contributed by atoms with Crippen molar-refractivity contribution in [3.8, 4) is 17.5 Å². The first kappa shape index (κ1) is 20.3. The van der Waals surface area contributed by atoms with E-state index in [0.29, 0.717) is 17.4 Å². The van der Waals surface area contributed by atoms with E-state index in [1.165, 1.54) is 11.3 Å². The van der Waals surface area contributed by atoms with Crippen molar-refractivity contribution < 1.29 is 9.53 Å². The van der Waals surface area contributed by atoms with Crippen LogP contribution in [0.25, 0.3) is 11.8 Å². The second-order valence-electron chi connectivity index (χ2n) is 6.45. The molecule has 0 radical (unpaired) electrons. The van der Waals surface area contributed by atoms with Gasteiger partial charge in [-0.05, 0) is 49.4 Å². The van der Waals surface area contributed by atoms with Gasteiger partial charge in [0.25, 0.3) is 5.91 Å². The van der Waals surface area contributed by atoms with Gasteiger partial charge in [-0.1, -0.05) is 25.2 Å². The molecule has 1 amide bonds. The Morgan fingerprint density at radius 1 is 1.31 bits per heavy atom. The number of carbonyl (C=O) groups excluding carboxylic acids is 1. The van der Waals surface area contributed by atoms with E-state index in [1.54, 1.807) is 6.08 Å². The summed E-state index contributed by atoms with van der Waals surface area (Å²) in [6.07, 6.45) is 3.42. The lowest BCUT2D eigenvalue weighted by Crippen LogP contribution is -2.13. The van der Waals surface area contributed by atoms with E-state index in [4.69, 9.17) is 4.74 Å². The molecule has 0 bridgehead atoms. The molecule has 148 valence electrons. The summed E-state index contributed by atoms with van der Waals surface area (Å²) in [4.78, 5) is 12.5. The first-order valence-corrected chi connectivity index (χ1v) is 10.0. The maximum absolute atomic E-state index is 12.5. The molecule has 0 atom stereocenters. The lowest BCUT2D eigenvalue weighted by molar-refractivity contribution is -0.112. The molecule has 0 aliphatic rings. The normalized spacial score (nSPS) is 11.3. The smallest absolute Gasteiger partial charge is 0.268 e. The molecule has 0 unspecified atom stereocenters. The molecule has 0 saturated heterocycles. The Labute approximate surface area is 173 Å². The molecule has 0 spiro atoms. The molecule has 7 nitrogen and oxygen atoms in total. The highest BCUT2D eigenvalue weighted by Gasteiger charge is 2.15. The maximum Gasteiger partial charge on any atom is 0.268 e. The standard InChI is InChI=1S/C21H21N5O2S/c1-4-28-18-9-7-16(8-10-18)26-11-5-6-17(26)12-15(13-22)19(27)23-21-25-24-20(29-21)14(2)3/h5-12,14H,4H2,1-3H3,(H,23,25,27)/b15-12-. The lowest BCUT2D eigenvalue weighted by atomic mass is 10.2. The van der Waals surface area contributed by atoms with Crippen LogP contribution in [0.5, 0.6) is 5.75 Å². The van der Waals surface area contributed by atoms with Crippen LogP contribution in [0.4, 0.5) is 5.13 Å². The van der Waals surface area contributed by atoms with Gasteiger partial charge in [0, 0.05) is 23.5 Å². The number of anilines is 1. The number of carbonyl (C=O) groups is 1. The first-order chi connectivity index (χ1) is 14.0. The van der Waals surface area contributed by atoms with Crippen LogP contribution in [-0.2, 0) is 4.79 Å². The lowest BCUT2D eigenvalue weighted by Gasteiger charge is -2.09. The minimum atomic E-state index is -0.515. The van der Waals surface area contributed by atoms with Gasteiger partial charge in [0.15, 0.2) is 0 Å². The van der Waals surface area contributed by atoms with Gasteiger partial charge in [-0.25, -0.2) is 0 Å². The Morgan fingerprint density at radius 2 is 2.07 bits per heavy atom.